The zero-order valence-electron chi connectivity index (χ0n) is 26.0. The first kappa shape index (κ1) is 31.6. The number of alkyl halides is 2. The molecule has 3 aromatic heterocycles. The summed E-state index contributed by atoms with van der Waals surface area (Å²) in [6.07, 6.45) is 10.4. The second-order valence-corrected chi connectivity index (χ2v) is 12.8. The van der Waals surface area contributed by atoms with E-state index >= 15 is 0 Å². The predicted octanol–water partition coefficient (Wildman–Crippen LogP) is 5.04. The molecule has 250 valence electrons. The number of anilines is 2. The van der Waals surface area contributed by atoms with Gasteiger partial charge in [-0.25, -0.2) is 23.4 Å². The summed E-state index contributed by atoms with van der Waals surface area (Å²) >= 11 is 6.42. The number of aromatic nitrogens is 8. The number of nitrogens with zero attached hydrogens (tertiary/aromatic N) is 9. The number of benzene rings is 1. The van der Waals surface area contributed by atoms with Crippen LogP contribution in [0, 0.1) is 5.92 Å². The van der Waals surface area contributed by atoms with Gasteiger partial charge in [-0.1, -0.05) is 17.7 Å². The number of nitrogens with one attached hydrogen (secondary N) is 1. The molecule has 4 heterocycles. The summed E-state index contributed by atoms with van der Waals surface area (Å²) in [5.41, 5.74) is 2.11. The lowest BCUT2D eigenvalue weighted by Crippen LogP contribution is -2.45. The van der Waals surface area contributed by atoms with Crippen molar-refractivity contribution in [1.29, 1.82) is 0 Å². The molecule has 3 aliphatic rings. The van der Waals surface area contributed by atoms with Crippen LogP contribution in [0.2, 0.25) is 5.02 Å². The Labute approximate surface area is 275 Å². The summed E-state index contributed by atoms with van der Waals surface area (Å²) in [6, 6.07) is 6.20. The van der Waals surface area contributed by atoms with Crippen LogP contribution in [0.15, 0.2) is 43.1 Å². The van der Waals surface area contributed by atoms with Crippen LogP contribution in [-0.4, -0.2) is 95.8 Å². The first-order chi connectivity index (χ1) is 22.8. The highest BCUT2D eigenvalue weighted by molar-refractivity contribution is 6.32. The topological polar surface area (TPSA) is 130 Å². The average molecular weight is 671 g/mol. The molecule has 1 saturated heterocycles. The molecule has 13 nitrogen and oxygen atoms in total. The Kier molecular flexibility index (Phi) is 9.19. The van der Waals surface area contributed by atoms with E-state index in [9.17, 15) is 8.78 Å². The fourth-order valence-electron chi connectivity index (χ4n) is 6.23. The van der Waals surface area contributed by atoms with Gasteiger partial charge < -0.3 is 19.5 Å². The number of hydrogen-bond donors (Lipinski definition) is 1. The maximum atomic E-state index is 13.6. The van der Waals surface area contributed by atoms with Crippen molar-refractivity contribution in [3.8, 4) is 22.8 Å². The van der Waals surface area contributed by atoms with E-state index in [1.165, 1.54) is 6.33 Å². The molecule has 0 bridgehead atoms. The van der Waals surface area contributed by atoms with Gasteiger partial charge in [0.15, 0.2) is 0 Å². The lowest BCUT2D eigenvalue weighted by atomic mass is 9.90. The first-order valence-electron chi connectivity index (χ1n) is 16.0. The molecule has 1 aliphatic heterocycles. The number of ether oxygens (including phenoxy) is 3. The summed E-state index contributed by atoms with van der Waals surface area (Å²) in [4.78, 5) is 11.6. The van der Waals surface area contributed by atoms with Crippen molar-refractivity contribution in [3.05, 3.63) is 48.1 Å². The molecule has 1 unspecified atom stereocenters. The molecule has 1 N–H and O–H groups in total. The average Bonchev–Trinajstić information content (AvgIpc) is 3.40. The van der Waals surface area contributed by atoms with Gasteiger partial charge in [-0.15, -0.1) is 10.2 Å². The van der Waals surface area contributed by atoms with Crippen LogP contribution in [0.5, 0.6) is 11.6 Å². The fraction of sp³-hybridized carbons (Fsp3) is 0.548. The van der Waals surface area contributed by atoms with Gasteiger partial charge in [0, 0.05) is 43.5 Å². The minimum atomic E-state index is -2.67. The van der Waals surface area contributed by atoms with Gasteiger partial charge in [-0.3, -0.25) is 9.58 Å². The maximum absolute atomic E-state index is 13.6. The van der Waals surface area contributed by atoms with Crippen molar-refractivity contribution in [2.45, 2.75) is 69.7 Å². The van der Waals surface area contributed by atoms with Crippen molar-refractivity contribution in [1.82, 2.24) is 44.9 Å². The molecule has 1 aromatic carbocycles. The van der Waals surface area contributed by atoms with Gasteiger partial charge in [-0.2, -0.15) is 0 Å². The van der Waals surface area contributed by atoms with Crippen LogP contribution in [0.25, 0.3) is 11.1 Å². The molecule has 47 heavy (non-hydrogen) atoms. The van der Waals surface area contributed by atoms with Crippen molar-refractivity contribution in [2.75, 3.05) is 38.2 Å². The van der Waals surface area contributed by atoms with Crippen LogP contribution >= 0.6 is 11.6 Å². The first-order valence-corrected chi connectivity index (χ1v) is 16.4. The van der Waals surface area contributed by atoms with Gasteiger partial charge in [-0.05, 0) is 60.7 Å². The van der Waals surface area contributed by atoms with E-state index in [0.717, 1.165) is 63.1 Å². The molecule has 0 spiro atoms. The van der Waals surface area contributed by atoms with Crippen LogP contribution in [0.4, 0.5) is 20.4 Å². The van der Waals surface area contributed by atoms with Crippen molar-refractivity contribution in [2.24, 2.45) is 5.92 Å². The monoisotopic (exact) mass is 670 g/mol. The third kappa shape index (κ3) is 7.63. The van der Waals surface area contributed by atoms with E-state index in [1.807, 2.05) is 29.9 Å². The molecule has 3 fully saturated rings. The summed E-state index contributed by atoms with van der Waals surface area (Å²) < 4.78 is 48.2. The number of halogens is 3. The van der Waals surface area contributed by atoms with Gasteiger partial charge >= 0.3 is 0 Å². The highest BCUT2D eigenvalue weighted by atomic mass is 35.5. The Hall–Kier alpha value is -3.95. The van der Waals surface area contributed by atoms with Gasteiger partial charge in [0.05, 0.1) is 49.5 Å². The zero-order chi connectivity index (χ0) is 32.4. The van der Waals surface area contributed by atoms with Crippen LogP contribution < -0.4 is 14.8 Å². The highest BCUT2D eigenvalue weighted by Crippen LogP contribution is 2.49. The Balaban J connectivity index is 1.03. The normalized spacial score (nSPS) is 23.3. The Bertz CT molecular complexity index is 1630. The molecule has 0 amide bonds. The molecule has 2 aliphatic carbocycles. The second kappa shape index (κ2) is 13.6. The largest absolute Gasteiger partial charge is 0.487 e. The SMILES string of the molecule is CC(Cn1cnnn1)Oc1cc(-c2cnc(Nc3cn(C4CCC(N5CCOCC5)CC4)nc3OC[C@@H]3CC3(F)F)nc2)ccc1Cl. The van der Waals surface area contributed by atoms with Gasteiger partial charge in [0.25, 0.3) is 11.8 Å². The smallest absolute Gasteiger partial charge is 0.256 e. The molecule has 16 heteroatoms. The van der Waals surface area contributed by atoms with Crippen molar-refractivity contribution in [3.63, 3.8) is 0 Å². The quantitative estimate of drug-likeness (QED) is 0.218. The molecule has 2 atom stereocenters. The van der Waals surface area contributed by atoms with Crippen molar-refractivity contribution < 1.29 is 23.0 Å². The van der Waals surface area contributed by atoms with Gasteiger partial charge in [0.1, 0.15) is 23.9 Å². The standard InChI is InChI=1S/C31H37ClF2N10O3/c1-20(16-43-19-37-40-41-43)47-28-12-21(2-7-26(28)32)22-14-35-30(36-15-22)38-27-17-44(39-29(27)46-18-23-13-31(23,33)34)25-5-3-24(4-6-25)42-8-10-45-11-9-42/h2,7,12,14-15,17,19-20,23-25H,3-6,8-11,13,16,18H2,1H3,(H,35,36,38)/t20?,23-,24?,25?/m0/s1. The van der Waals surface area contributed by atoms with E-state index in [-0.39, 0.29) is 31.1 Å². The Morgan fingerprint density at radius 3 is 2.53 bits per heavy atom. The van der Waals surface area contributed by atoms with Crippen LogP contribution in [0.1, 0.15) is 45.1 Å². The molecule has 4 aromatic rings. The minimum Gasteiger partial charge on any atom is -0.487 e. The lowest BCUT2D eigenvalue weighted by Gasteiger charge is -2.38. The van der Waals surface area contributed by atoms with E-state index in [2.05, 4.69) is 35.7 Å². The third-order valence-corrected chi connectivity index (χ3v) is 9.32. The summed E-state index contributed by atoms with van der Waals surface area (Å²) in [6.45, 7) is 5.79. The van der Waals surface area contributed by atoms with Gasteiger partial charge in [0.2, 0.25) is 5.95 Å². The van der Waals surface area contributed by atoms with E-state index in [4.69, 9.17) is 30.9 Å². The second-order valence-electron chi connectivity index (χ2n) is 12.4. The number of hydrogen-bond acceptors (Lipinski definition) is 11. The number of tetrazole rings is 1. The predicted molar refractivity (Wildman–Crippen MR) is 168 cm³/mol. The highest BCUT2D eigenvalue weighted by Gasteiger charge is 2.57. The van der Waals surface area contributed by atoms with Crippen LogP contribution in [-0.2, 0) is 11.3 Å². The Morgan fingerprint density at radius 2 is 1.83 bits per heavy atom. The Morgan fingerprint density at radius 1 is 1.09 bits per heavy atom. The third-order valence-electron chi connectivity index (χ3n) is 9.00. The van der Waals surface area contributed by atoms with E-state index in [0.29, 0.717) is 35.0 Å². The lowest BCUT2D eigenvalue weighted by molar-refractivity contribution is 0.00502. The summed E-state index contributed by atoms with van der Waals surface area (Å²) in [5.74, 6) is -2.36. The van der Waals surface area contributed by atoms with E-state index < -0.39 is 11.8 Å². The fourth-order valence-corrected chi connectivity index (χ4v) is 6.39. The molecule has 7 rings (SSSR count). The number of rotatable bonds is 12. The zero-order valence-corrected chi connectivity index (χ0v) is 26.8. The van der Waals surface area contributed by atoms with Crippen LogP contribution in [0.3, 0.4) is 0 Å². The molecular weight excluding hydrogens is 634 g/mol. The molecule has 2 saturated carbocycles. The molecule has 0 radical (unpaired) electrons. The van der Waals surface area contributed by atoms with E-state index in [1.54, 1.807) is 23.1 Å². The summed E-state index contributed by atoms with van der Waals surface area (Å²) in [5, 5.41) is 19.5. The maximum Gasteiger partial charge on any atom is 0.256 e. The number of morpholine rings is 1. The summed E-state index contributed by atoms with van der Waals surface area (Å²) in [7, 11) is 0. The minimum absolute atomic E-state index is 0.0996. The molecular formula is C31H37ClF2N10O3. The van der Waals surface area contributed by atoms with Crippen molar-refractivity contribution >= 4 is 23.2 Å².